The quantitative estimate of drug-likeness (QED) is 0.524. The Morgan fingerprint density at radius 1 is 1.25 bits per heavy atom. The van der Waals surface area contributed by atoms with Crippen LogP contribution in [0, 0.1) is 17.2 Å². The Morgan fingerprint density at radius 3 is 2.84 bits per heavy atom. The first-order valence-corrected chi connectivity index (χ1v) is 10.5. The van der Waals surface area contributed by atoms with Crippen LogP contribution in [0.25, 0.3) is 10.9 Å². The minimum absolute atomic E-state index is 0.0523. The van der Waals surface area contributed by atoms with Crippen LogP contribution in [0.5, 0.6) is 0 Å². The van der Waals surface area contributed by atoms with E-state index in [4.69, 9.17) is 0 Å². The number of H-pyrrole nitrogens is 1. The molecule has 0 spiro atoms. The van der Waals surface area contributed by atoms with E-state index in [0.717, 1.165) is 25.7 Å². The smallest absolute Gasteiger partial charge is 0.338 e. The van der Waals surface area contributed by atoms with Crippen molar-refractivity contribution < 1.29 is 13.2 Å². The van der Waals surface area contributed by atoms with Crippen LogP contribution in [0.3, 0.4) is 0 Å². The average Bonchev–Trinajstić information content (AvgIpc) is 3.12. The summed E-state index contributed by atoms with van der Waals surface area (Å²) in [5.41, 5.74) is 1.61. The van der Waals surface area contributed by atoms with Gasteiger partial charge in [0, 0.05) is 18.4 Å². The van der Waals surface area contributed by atoms with Crippen LogP contribution in [0.2, 0.25) is 0 Å². The van der Waals surface area contributed by atoms with Gasteiger partial charge in [0.2, 0.25) is 0 Å². The Kier molecular flexibility index (Phi) is 6.19. The summed E-state index contributed by atoms with van der Waals surface area (Å²) in [6.45, 7) is -1.02. The van der Waals surface area contributed by atoms with E-state index in [-0.39, 0.29) is 24.1 Å². The van der Waals surface area contributed by atoms with Gasteiger partial charge in [-0.2, -0.15) is 23.5 Å². The van der Waals surface area contributed by atoms with Crippen molar-refractivity contribution >= 4 is 22.4 Å². The average molecular weight is 444 g/mol. The molecule has 3 aromatic rings. The largest absolute Gasteiger partial charge is 0.401 e. The number of nitriles is 1. The molecule has 1 saturated carbocycles. The first kappa shape index (κ1) is 21.9. The lowest BCUT2D eigenvalue weighted by Crippen LogP contribution is -2.28. The molecule has 1 aliphatic carbocycles. The third kappa shape index (κ3) is 4.78. The molecule has 0 radical (unpaired) electrons. The number of anilines is 2. The van der Waals surface area contributed by atoms with Crippen molar-refractivity contribution in [3.8, 4) is 6.07 Å². The van der Waals surface area contributed by atoms with Gasteiger partial charge in [0.15, 0.2) is 5.82 Å². The molecular formula is C22H23F3N6O. The van der Waals surface area contributed by atoms with Crippen LogP contribution in [-0.4, -0.2) is 27.5 Å². The number of nitrogens with one attached hydrogen (secondary N) is 3. The summed E-state index contributed by atoms with van der Waals surface area (Å²) < 4.78 is 38.9. The number of benzene rings is 1. The number of hydrogen-bond donors (Lipinski definition) is 3. The molecule has 3 N–H and O–H groups in total. The Balaban J connectivity index is 1.64. The Morgan fingerprint density at radius 2 is 2.06 bits per heavy atom. The number of rotatable bonds is 6. The fourth-order valence-electron chi connectivity index (χ4n) is 4.24. The standard InChI is InChI=1S/C22H23F3N6O/c23-22(24,25)13-27-12-14-4-3-6-16(10-14)29-20-19-18(8-9-28-21(19)32)31(30-20)17-7-2-1-5-15(17)11-26/h3-4,6,8-10,15,17,27H,1-2,5,7,12-13H2,(H,28,32)(H,29,30)/t15-,17+/m1/s1. The van der Waals surface area contributed by atoms with Crippen molar-refractivity contribution in [1.82, 2.24) is 20.1 Å². The zero-order chi connectivity index (χ0) is 22.7. The zero-order valence-corrected chi connectivity index (χ0v) is 17.2. The molecule has 0 bridgehead atoms. The third-order valence-electron chi connectivity index (χ3n) is 5.68. The summed E-state index contributed by atoms with van der Waals surface area (Å²) in [7, 11) is 0. The number of fused-ring (bicyclic) bond motifs is 1. The van der Waals surface area contributed by atoms with E-state index in [1.807, 2.05) is 0 Å². The van der Waals surface area contributed by atoms with E-state index in [0.29, 0.717) is 28.0 Å². The molecule has 0 unspecified atom stereocenters. The van der Waals surface area contributed by atoms with Crippen LogP contribution in [0.4, 0.5) is 24.7 Å². The van der Waals surface area contributed by atoms with Crippen molar-refractivity contribution in [2.75, 3.05) is 11.9 Å². The van der Waals surface area contributed by atoms with E-state index in [1.165, 1.54) is 0 Å². The van der Waals surface area contributed by atoms with Crippen LogP contribution >= 0.6 is 0 Å². The molecule has 0 amide bonds. The first-order valence-electron chi connectivity index (χ1n) is 10.5. The van der Waals surface area contributed by atoms with Crippen LogP contribution < -0.4 is 16.2 Å². The summed E-state index contributed by atoms with van der Waals surface area (Å²) >= 11 is 0. The molecular weight excluding hydrogens is 421 g/mol. The van der Waals surface area contributed by atoms with Crippen molar-refractivity contribution in [3.63, 3.8) is 0 Å². The molecule has 32 heavy (non-hydrogen) atoms. The molecule has 2 aromatic heterocycles. The normalized spacial score (nSPS) is 19.1. The summed E-state index contributed by atoms with van der Waals surface area (Å²) in [5.74, 6) is 0.173. The molecule has 1 fully saturated rings. The topological polar surface area (TPSA) is 98.5 Å². The SMILES string of the molecule is N#C[C@H]1CCCC[C@@H]1n1nc(Nc2cccc(CNCC(F)(F)F)c2)c2c(=O)[nH]ccc21. The highest BCUT2D eigenvalue weighted by molar-refractivity contribution is 5.91. The third-order valence-corrected chi connectivity index (χ3v) is 5.68. The highest BCUT2D eigenvalue weighted by Gasteiger charge is 2.30. The molecule has 1 aromatic carbocycles. The Bertz CT molecular complexity index is 1190. The minimum atomic E-state index is -4.27. The summed E-state index contributed by atoms with van der Waals surface area (Å²) in [6, 6.07) is 10.9. The van der Waals surface area contributed by atoms with Gasteiger partial charge in [-0.25, -0.2) is 0 Å². The molecule has 168 valence electrons. The number of aromatic nitrogens is 3. The van der Waals surface area contributed by atoms with Gasteiger partial charge in [-0.15, -0.1) is 0 Å². The van der Waals surface area contributed by atoms with E-state index in [2.05, 4.69) is 26.8 Å². The number of alkyl halides is 3. The molecule has 0 aliphatic heterocycles. The van der Waals surface area contributed by atoms with Crippen molar-refractivity contribution in [2.45, 2.75) is 44.4 Å². The molecule has 1 aliphatic rings. The number of halogens is 3. The molecule has 0 saturated heterocycles. The summed E-state index contributed by atoms with van der Waals surface area (Å²) in [4.78, 5) is 15.3. The first-order chi connectivity index (χ1) is 15.4. The van der Waals surface area contributed by atoms with Gasteiger partial charge in [0.25, 0.3) is 5.56 Å². The van der Waals surface area contributed by atoms with Gasteiger partial charge >= 0.3 is 6.18 Å². The van der Waals surface area contributed by atoms with Gasteiger partial charge in [0.05, 0.1) is 30.1 Å². The van der Waals surface area contributed by atoms with Gasteiger partial charge in [-0.05, 0) is 36.6 Å². The van der Waals surface area contributed by atoms with Gasteiger partial charge < -0.3 is 15.6 Å². The van der Waals surface area contributed by atoms with E-state index in [1.54, 1.807) is 41.2 Å². The fourth-order valence-corrected chi connectivity index (χ4v) is 4.24. The van der Waals surface area contributed by atoms with Crippen molar-refractivity contribution in [3.05, 3.63) is 52.4 Å². The van der Waals surface area contributed by atoms with Crippen LogP contribution in [-0.2, 0) is 6.54 Å². The van der Waals surface area contributed by atoms with Gasteiger partial charge in [-0.1, -0.05) is 25.0 Å². The number of hydrogen-bond acceptors (Lipinski definition) is 5. The molecule has 2 atom stereocenters. The molecule has 10 heteroatoms. The lowest BCUT2D eigenvalue weighted by molar-refractivity contribution is -0.125. The fraction of sp³-hybridized carbons (Fsp3) is 0.409. The predicted octanol–water partition coefficient (Wildman–Crippen LogP) is 4.37. The number of pyridine rings is 1. The number of aromatic amines is 1. The Labute approximate surface area is 182 Å². The number of nitrogens with zero attached hydrogens (tertiary/aromatic N) is 3. The van der Waals surface area contributed by atoms with Crippen molar-refractivity contribution in [1.29, 1.82) is 5.26 Å². The second-order valence-electron chi connectivity index (χ2n) is 7.99. The monoisotopic (exact) mass is 444 g/mol. The van der Waals surface area contributed by atoms with Crippen LogP contribution in [0.1, 0.15) is 37.3 Å². The lowest BCUT2D eigenvalue weighted by atomic mass is 9.85. The van der Waals surface area contributed by atoms with E-state index >= 15 is 0 Å². The Hall–Kier alpha value is -3.32. The minimum Gasteiger partial charge on any atom is -0.338 e. The van der Waals surface area contributed by atoms with Crippen LogP contribution in [0.15, 0.2) is 41.3 Å². The molecule has 2 heterocycles. The van der Waals surface area contributed by atoms with E-state index < -0.39 is 12.7 Å². The maximum atomic E-state index is 12.6. The second-order valence-corrected chi connectivity index (χ2v) is 7.99. The highest BCUT2D eigenvalue weighted by atomic mass is 19.4. The predicted molar refractivity (Wildman–Crippen MR) is 114 cm³/mol. The highest BCUT2D eigenvalue weighted by Crippen LogP contribution is 2.36. The summed E-state index contributed by atoms with van der Waals surface area (Å²) in [6.07, 6.45) is 0.869. The molecule has 7 nitrogen and oxygen atoms in total. The maximum Gasteiger partial charge on any atom is 0.401 e. The van der Waals surface area contributed by atoms with Gasteiger partial charge in [-0.3, -0.25) is 9.48 Å². The summed E-state index contributed by atoms with van der Waals surface area (Å²) in [5, 5.41) is 20.2. The maximum absolute atomic E-state index is 12.6. The zero-order valence-electron chi connectivity index (χ0n) is 17.2. The second kappa shape index (κ2) is 9.04. The van der Waals surface area contributed by atoms with Gasteiger partial charge in [0.1, 0.15) is 5.39 Å². The lowest BCUT2D eigenvalue weighted by Gasteiger charge is -2.27. The van der Waals surface area contributed by atoms with E-state index in [9.17, 15) is 23.2 Å². The van der Waals surface area contributed by atoms with Crippen molar-refractivity contribution in [2.24, 2.45) is 5.92 Å². The molecule has 4 rings (SSSR count).